The lowest BCUT2D eigenvalue weighted by atomic mass is 9.45. The minimum Gasteiger partial charge on any atom is -0.502 e. The molecule has 0 aromatic heterocycles. The van der Waals surface area contributed by atoms with E-state index in [1.807, 2.05) is 6.92 Å². The Hall–Kier alpha value is -1.37. The third kappa shape index (κ3) is 2.83. The molecule has 0 aromatic rings. The predicted octanol–water partition coefficient (Wildman–Crippen LogP) is 3.88. The lowest BCUT2D eigenvalue weighted by molar-refractivity contribution is -0.197. The average Bonchev–Trinajstić information content (AvgIpc) is 3.31. The van der Waals surface area contributed by atoms with E-state index in [0.29, 0.717) is 32.7 Å². The van der Waals surface area contributed by atoms with E-state index < -0.39 is 16.8 Å². The minimum atomic E-state index is -1.28. The molecule has 4 fully saturated rings. The predicted molar refractivity (Wildman–Crippen MR) is 114 cm³/mol. The Labute approximate surface area is 184 Å². The number of hydrogen-bond acceptors (Lipinski definition) is 6. The number of carbonyl (C=O) groups is 1. The van der Waals surface area contributed by atoms with Crippen LogP contribution in [0.15, 0.2) is 24.0 Å². The van der Waals surface area contributed by atoms with Crippen molar-refractivity contribution in [2.45, 2.75) is 83.2 Å². The fraction of sp³-hybridized carbons (Fsp3) is 0.800. The summed E-state index contributed by atoms with van der Waals surface area (Å²) in [5.41, 5.74) is -0.988. The zero-order chi connectivity index (χ0) is 21.9. The number of ether oxygens (including phenoxy) is 4. The maximum Gasteiger partial charge on any atom is 0.315 e. The molecule has 0 unspecified atom stereocenters. The van der Waals surface area contributed by atoms with Gasteiger partial charge in [0, 0.05) is 31.1 Å². The maximum absolute atomic E-state index is 13.3. The van der Waals surface area contributed by atoms with Crippen LogP contribution in [0.25, 0.3) is 0 Å². The van der Waals surface area contributed by atoms with Gasteiger partial charge in [-0.25, -0.2) is 0 Å². The largest absolute Gasteiger partial charge is 0.502 e. The van der Waals surface area contributed by atoms with Crippen LogP contribution in [0.3, 0.4) is 0 Å². The zero-order valence-electron chi connectivity index (χ0n) is 19.0. The highest BCUT2D eigenvalue weighted by atomic mass is 16.7. The Balaban J connectivity index is 1.57. The van der Waals surface area contributed by atoms with Gasteiger partial charge in [0.15, 0.2) is 5.79 Å². The van der Waals surface area contributed by atoms with Crippen LogP contribution in [-0.2, 0) is 23.7 Å². The molecule has 6 atom stereocenters. The summed E-state index contributed by atoms with van der Waals surface area (Å²) >= 11 is 0. The summed E-state index contributed by atoms with van der Waals surface area (Å²) in [6.07, 6.45) is 10.7. The van der Waals surface area contributed by atoms with Gasteiger partial charge in [-0.2, -0.15) is 0 Å². The maximum atomic E-state index is 13.3. The van der Waals surface area contributed by atoms with Crippen molar-refractivity contribution in [2.24, 2.45) is 22.7 Å². The summed E-state index contributed by atoms with van der Waals surface area (Å²) in [6, 6.07) is 0. The molecule has 2 saturated heterocycles. The topological polar surface area (TPSA) is 74.2 Å². The fourth-order valence-corrected chi connectivity index (χ4v) is 7.57. The van der Waals surface area contributed by atoms with Crippen molar-refractivity contribution in [3.8, 4) is 0 Å². The van der Waals surface area contributed by atoms with Crippen LogP contribution in [0.1, 0.15) is 65.7 Å². The molecule has 5 rings (SSSR count). The lowest BCUT2D eigenvalue weighted by Gasteiger charge is -2.60. The molecule has 6 heteroatoms. The van der Waals surface area contributed by atoms with Gasteiger partial charge in [-0.15, -0.1) is 0 Å². The van der Waals surface area contributed by atoms with E-state index in [2.05, 4.69) is 19.9 Å². The van der Waals surface area contributed by atoms with E-state index in [4.69, 9.17) is 18.9 Å². The first-order valence-electron chi connectivity index (χ1n) is 12.0. The molecule has 31 heavy (non-hydrogen) atoms. The van der Waals surface area contributed by atoms with Gasteiger partial charge in [-0.3, -0.25) is 4.79 Å². The van der Waals surface area contributed by atoms with Crippen LogP contribution in [0.5, 0.6) is 0 Å². The van der Waals surface area contributed by atoms with Gasteiger partial charge >= 0.3 is 5.97 Å². The van der Waals surface area contributed by atoms with E-state index in [-0.39, 0.29) is 29.3 Å². The third-order valence-electron chi connectivity index (χ3n) is 9.01. The van der Waals surface area contributed by atoms with Crippen LogP contribution < -0.4 is 0 Å². The van der Waals surface area contributed by atoms with Crippen molar-refractivity contribution in [3.05, 3.63) is 24.0 Å². The smallest absolute Gasteiger partial charge is 0.315 e. The summed E-state index contributed by atoms with van der Waals surface area (Å²) in [4.78, 5) is 13.3. The molecular weight excluding hydrogens is 396 g/mol. The van der Waals surface area contributed by atoms with Crippen molar-refractivity contribution in [3.63, 3.8) is 0 Å². The van der Waals surface area contributed by atoms with Gasteiger partial charge in [-0.1, -0.05) is 31.9 Å². The Morgan fingerprint density at radius 2 is 2.03 bits per heavy atom. The first-order valence-corrected chi connectivity index (χ1v) is 12.0. The Kier molecular flexibility index (Phi) is 5.07. The van der Waals surface area contributed by atoms with Gasteiger partial charge < -0.3 is 24.1 Å². The molecule has 1 spiro atoms. The summed E-state index contributed by atoms with van der Waals surface area (Å²) < 4.78 is 23.6. The van der Waals surface area contributed by atoms with Crippen LogP contribution in [0.4, 0.5) is 0 Å². The number of rotatable bonds is 5. The SMILES string of the molecule is CCC[C@]12C[C@H](OC1=O)[C@@H]1[C@@H](CC=C3CC4(CC[C@@]31C)OCCO4)[C@@]2(O)/C=C/OCC. The highest BCUT2D eigenvalue weighted by molar-refractivity contribution is 5.82. The summed E-state index contributed by atoms with van der Waals surface area (Å²) in [6.45, 7) is 8.11. The molecule has 2 aliphatic heterocycles. The highest BCUT2D eigenvalue weighted by Gasteiger charge is 2.73. The van der Waals surface area contributed by atoms with Crippen LogP contribution in [-0.4, -0.2) is 48.4 Å². The number of allylic oxidation sites excluding steroid dienone is 1. The molecule has 2 saturated carbocycles. The summed E-state index contributed by atoms with van der Waals surface area (Å²) in [5.74, 6) is -0.749. The molecule has 6 nitrogen and oxygen atoms in total. The summed E-state index contributed by atoms with van der Waals surface area (Å²) in [7, 11) is 0. The molecule has 2 bridgehead atoms. The minimum absolute atomic E-state index is 0.0685. The molecule has 3 aliphatic carbocycles. The molecule has 5 aliphatic rings. The van der Waals surface area contributed by atoms with E-state index in [1.54, 1.807) is 12.3 Å². The van der Waals surface area contributed by atoms with E-state index >= 15 is 0 Å². The molecule has 0 amide bonds. The number of hydrogen-bond donors (Lipinski definition) is 1. The van der Waals surface area contributed by atoms with E-state index in [9.17, 15) is 9.90 Å². The van der Waals surface area contributed by atoms with Crippen molar-refractivity contribution < 1.29 is 28.8 Å². The van der Waals surface area contributed by atoms with Crippen molar-refractivity contribution >= 4 is 5.97 Å². The second-order valence-corrected chi connectivity index (χ2v) is 10.4. The number of fused-ring (bicyclic) bond motifs is 6. The van der Waals surface area contributed by atoms with Crippen molar-refractivity contribution in [1.29, 1.82) is 0 Å². The van der Waals surface area contributed by atoms with Crippen molar-refractivity contribution in [1.82, 2.24) is 0 Å². The van der Waals surface area contributed by atoms with Crippen LogP contribution >= 0.6 is 0 Å². The number of aliphatic hydroxyl groups is 1. The van der Waals surface area contributed by atoms with Crippen LogP contribution in [0, 0.1) is 22.7 Å². The third-order valence-corrected chi connectivity index (χ3v) is 9.01. The quantitative estimate of drug-likeness (QED) is 0.404. The van der Waals surface area contributed by atoms with E-state index in [1.165, 1.54) is 5.57 Å². The molecule has 0 radical (unpaired) electrons. The molecule has 2 heterocycles. The standard InChI is InChI=1S/C25H36O6/c1-4-8-23-16-19(31-21(23)26)20-18(25(23,27)11-12-28-5-2)7-6-17-15-24(29-13-14-30-24)10-9-22(17,20)3/h6,11-12,18-20,27H,4-5,7-10,13-16H2,1-3H3/b12-11+/t18-,19+,20+,22+,23+,25+/m1/s1. The Morgan fingerprint density at radius 3 is 2.74 bits per heavy atom. The summed E-state index contributed by atoms with van der Waals surface area (Å²) in [5, 5.41) is 12.3. The second kappa shape index (κ2) is 7.32. The number of carbonyl (C=O) groups excluding carboxylic acids is 1. The molecule has 0 aromatic carbocycles. The first-order chi connectivity index (χ1) is 14.8. The Bertz CT molecular complexity index is 798. The zero-order valence-corrected chi connectivity index (χ0v) is 19.0. The monoisotopic (exact) mass is 432 g/mol. The van der Waals surface area contributed by atoms with Gasteiger partial charge in [-0.05, 0) is 37.7 Å². The van der Waals surface area contributed by atoms with Crippen molar-refractivity contribution in [2.75, 3.05) is 19.8 Å². The fourth-order valence-electron chi connectivity index (χ4n) is 7.57. The van der Waals surface area contributed by atoms with Gasteiger partial charge in [0.25, 0.3) is 0 Å². The number of esters is 1. The molecule has 1 N–H and O–H groups in total. The normalized spacial score (nSPS) is 45.4. The van der Waals surface area contributed by atoms with Crippen LogP contribution in [0.2, 0.25) is 0 Å². The first kappa shape index (κ1) is 21.5. The highest BCUT2D eigenvalue weighted by Crippen LogP contribution is 2.68. The van der Waals surface area contributed by atoms with E-state index in [0.717, 1.165) is 32.1 Å². The van der Waals surface area contributed by atoms with Gasteiger partial charge in [0.05, 0.1) is 26.1 Å². The average molecular weight is 433 g/mol. The second-order valence-electron chi connectivity index (χ2n) is 10.4. The van der Waals surface area contributed by atoms with Gasteiger partial charge in [0.2, 0.25) is 0 Å². The lowest BCUT2D eigenvalue weighted by Crippen LogP contribution is -2.64. The molecular formula is C25H36O6. The van der Waals surface area contributed by atoms with Gasteiger partial charge in [0.1, 0.15) is 17.1 Å². The molecule has 172 valence electrons. The Morgan fingerprint density at radius 1 is 1.26 bits per heavy atom.